The second kappa shape index (κ2) is 9.89. The summed E-state index contributed by atoms with van der Waals surface area (Å²) in [7, 11) is 1.58. The monoisotopic (exact) mass is 422 g/mol. The van der Waals surface area contributed by atoms with Gasteiger partial charge in [0.25, 0.3) is 5.91 Å². The SMILES string of the molecule is COCc1ccc(O)c(NC(=O)CONOCC2C3=C(CCC=C3)c3ccccc32)c1. The number of phenols is 1. The number of nitrogens with one attached hydrogen (secondary N) is 2. The van der Waals surface area contributed by atoms with Gasteiger partial charge in [-0.3, -0.25) is 14.5 Å². The van der Waals surface area contributed by atoms with Gasteiger partial charge >= 0.3 is 0 Å². The van der Waals surface area contributed by atoms with Gasteiger partial charge in [-0.1, -0.05) is 48.1 Å². The van der Waals surface area contributed by atoms with E-state index >= 15 is 0 Å². The van der Waals surface area contributed by atoms with Crippen molar-refractivity contribution in [2.45, 2.75) is 25.4 Å². The zero-order chi connectivity index (χ0) is 21.6. The third kappa shape index (κ3) is 4.86. The van der Waals surface area contributed by atoms with Gasteiger partial charge in [-0.15, -0.1) is 0 Å². The Morgan fingerprint density at radius 2 is 2.06 bits per heavy atom. The second-order valence-corrected chi connectivity index (χ2v) is 7.53. The van der Waals surface area contributed by atoms with Crippen LogP contribution in [0, 0.1) is 0 Å². The molecule has 0 spiro atoms. The van der Waals surface area contributed by atoms with E-state index in [1.165, 1.54) is 28.3 Å². The number of amides is 1. The summed E-state index contributed by atoms with van der Waals surface area (Å²) in [5.41, 5.74) is 8.78. The molecule has 2 aromatic carbocycles. The van der Waals surface area contributed by atoms with Crippen molar-refractivity contribution >= 4 is 17.2 Å². The van der Waals surface area contributed by atoms with Crippen LogP contribution < -0.4 is 11.0 Å². The van der Waals surface area contributed by atoms with Crippen molar-refractivity contribution in [3.63, 3.8) is 0 Å². The molecular weight excluding hydrogens is 396 g/mol. The van der Waals surface area contributed by atoms with Crippen LogP contribution in [0.1, 0.15) is 35.4 Å². The van der Waals surface area contributed by atoms with Gasteiger partial charge in [0.1, 0.15) is 12.4 Å². The maximum Gasteiger partial charge on any atom is 0.252 e. The third-order valence-corrected chi connectivity index (χ3v) is 5.46. The van der Waals surface area contributed by atoms with Gasteiger partial charge in [0.15, 0.2) is 0 Å². The van der Waals surface area contributed by atoms with Gasteiger partial charge in [-0.05, 0) is 52.8 Å². The van der Waals surface area contributed by atoms with Crippen molar-refractivity contribution in [3.8, 4) is 5.75 Å². The average Bonchev–Trinajstić information content (AvgIpc) is 3.10. The average molecular weight is 422 g/mol. The van der Waals surface area contributed by atoms with E-state index in [-0.39, 0.29) is 18.3 Å². The summed E-state index contributed by atoms with van der Waals surface area (Å²) >= 11 is 0. The number of carbonyl (C=O) groups is 1. The number of fused-ring (bicyclic) bond motifs is 2. The van der Waals surface area contributed by atoms with Crippen LogP contribution in [0.15, 0.2) is 60.2 Å². The number of phenolic OH excluding ortho intramolecular Hbond substituents is 1. The fourth-order valence-electron chi connectivity index (χ4n) is 4.10. The fraction of sp³-hybridized carbons (Fsp3) is 0.292. The number of methoxy groups -OCH3 is 1. The van der Waals surface area contributed by atoms with Gasteiger partial charge in [-0.2, -0.15) is 0 Å². The summed E-state index contributed by atoms with van der Waals surface area (Å²) < 4.78 is 5.06. The highest BCUT2D eigenvalue weighted by Gasteiger charge is 2.30. The maximum atomic E-state index is 12.1. The summed E-state index contributed by atoms with van der Waals surface area (Å²) in [4.78, 5) is 22.8. The van der Waals surface area contributed by atoms with Crippen LogP contribution in [0.25, 0.3) is 5.57 Å². The first kappa shape index (κ1) is 21.3. The highest BCUT2D eigenvalue weighted by atomic mass is 16.9. The molecule has 0 saturated carbocycles. The molecule has 0 aromatic heterocycles. The predicted octanol–water partition coefficient (Wildman–Crippen LogP) is 3.83. The lowest BCUT2D eigenvalue weighted by atomic mass is 9.93. The molecule has 162 valence electrons. The highest BCUT2D eigenvalue weighted by Crippen LogP contribution is 2.46. The number of aromatic hydroxyl groups is 1. The largest absolute Gasteiger partial charge is 0.506 e. The van der Waals surface area contributed by atoms with E-state index in [9.17, 15) is 9.90 Å². The van der Waals surface area contributed by atoms with E-state index in [0.29, 0.717) is 18.9 Å². The molecule has 0 bridgehead atoms. The lowest BCUT2D eigenvalue weighted by Crippen LogP contribution is -2.26. The minimum absolute atomic E-state index is 0.0260. The molecule has 0 aliphatic heterocycles. The predicted molar refractivity (Wildman–Crippen MR) is 117 cm³/mol. The minimum atomic E-state index is -0.424. The van der Waals surface area contributed by atoms with E-state index in [1.807, 2.05) is 6.07 Å². The van der Waals surface area contributed by atoms with Gasteiger partial charge in [0.05, 0.1) is 18.9 Å². The van der Waals surface area contributed by atoms with Gasteiger partial charge in [0, 0.05) is 13.0 Å². The Hall–Kier alpha value is -2.97. The molecule has 7 nitrogen and oxygen atoms in total. The van der Waals surface area contributed by atoms with Crippen molar-refractivity contribution in [2.24, 2.45) is 0 Å². The van der Waals surface area contributed by atoms with Crippen LogP contribution in [0.3, 0.4) is 0 Å². The Labute approximate surface area is 181 Å². The van der Waals surface area contributed by atoms with Crippen LogP contribution in [-0.2, 0) is 25.8 Å². The topological polar surface area (TPSA) is 89.1 Å². The molecule has 2 aromatic rings. The van der Waals surface area contributed by atoms with E-state index in [1.54, 1.807) is 19.2 Å². The number of allylic oxidation sites excluding steroid dienone is 3. The summed E-state index contributed by atoms with van der Waals surface area (Å²) in [6.07, 6.45) is 6.48. The first-order chi connectivity index (χ1) is 15.2. The number of carbonyl (C=O) groups excluding carboxylic acids is 1. The first-order valence-corrected chi connectivity index (χ1v) is 10.3. The van der Waals surface area contributed by atoms with Crippen LogP contribution in [0.2, 0.25) is 0 Å². The molecule has 0 saturated heterocycles. The highest BCUT2D eigenvalue weighted by molar-refractivity contribution is 5.93. The number of hydrogen-bond donors (Lipinski definition) is 3. The normalized spacial score (nSPS) is 16.9. The second-order valence-electron chi connectivity index (χ2n) is 7.53. The number of hydrogen-bond acceptors (Lipinski definition) is 6. The zero-order valence-corrected chi connectivity index (χ0v) is 17.4. The molecule has 4 rings (SSSR count). The van der Waals surface area contributed by atoms with Gasteiger partial charge in [-0.25, -0.2) is 0 Å². The Balaban J connectivity index is 1.25. The van der Waals surface area contributed by atoms with Crippen molar-refractivity contribution in [1.82, 2.24) is 5.64 Å². The lowest BCUT2D eigenvalue weighted by molar-refractivity contribution is -0.175. The van der Waals surface area contributed by atoms with E-state index in [4.69, 9.17) is 14.4 Å². The van der Waals surface area contributed by atoms with Crippen LogP contribution in [-0.4, -0.2) is 31.3 Å². The number of benzene rings is 2. The maximum absolute atomic E-state index is 12.1. The molecular formula is C24H26N2O5. The van der Waals surface area contributed by atoms with Crippen LogP contribution >= 0.6 is 0 Å². The Morgan fingerprint density at radius 1 is 1.19 bits per heavy atom. The molecule has 1 atom stereocenters. The molecule has 0 heterocycles. The van der Waals surface area contributed by atoms with E-state index in [0.717, 1.165) is 18.4 Å². The van der Waals surface area contributed by atoms with E-state index in [2.05, 4.69) is 41.3 Å². The summed E-state index contributed by atoms with van der Waals surface area (Å²) in [5.74, 6) is -0.317. The first-order valence-electron chi connectivity index (χ1n) is 10.3. The quantitative estimate of drug-likeness (QED) is 0.323. The van der Waals surface area contributed by atoms with Crippen molar-refractivity contribution in [3.05, 3.63) is 76.9 Å². The van der Waals surface area contributed by atoms with Crippen LogP contribution in [0.5, 0.6) is 5.75 Å². The molecule has 3 N–H and O–H groups in total. The van der Waals surface area contributed by atoms with E-state index < -0.39 is 5.91 Å². The molecule has 1 amide bonds. The number of rotatable bonds is 9. The number of anilines is 1. The van der Waals surface area contributed by atoms with Gasteiger partial charge in [0.2, 0.25) is 0 Å². The number of ether oxygens (including phenoxy) is 1. The molecule has 1 unspecified atom stereocenters. The summed E-state index contributed by atoms with van der Waals surface area (Å²) in [5, 5.41) is 12.5. The molecule has 0 fully saturated rings. The Bertz CT molecular complexity index is 1010. The molecule has 0 radical (unpaired) electrons. The van der Waals surface area contributed by atoms with Gasteiger partial charge < -0.3 is 15.2 Å². The van der Waals surface area contributed by atoms with Crippen molar-refractivity contribution in [2.75, 3.05) is 25.6 Å². The van der Waals surface area contributed by atoms with Crippen LogP contribution in [0.4, 0.5) is 5.69 Å². The van der Waals surface area contributed by atoms with Crippen molar-refractivity contribution in [1.29, 1.82) is 0 Å². The minimum Gasteiger partial charge on any atom is -0.506 e. The molecule has 2 aliphatic carbocycles. The fourth-order valence-corrected chi connectivity index (χ4v) is 4.10. The molecule has 2 aliphatic rings. The lowest BCUT2D eigenvalue weighted by Gasteiger charge is -2.16. The zero-order valence-electron chi connectivity index (χ0n) is 17.4. The Morgan fingerprint density at radius 3 is 2.94 bits per heavy atom. The standard InChI is InChI=1S/C24H26N2O5/c1-29-13-16-10-11-23(27)22(12-16)25-24(28)15-31-26-30-14-21-19-8-4-2-6-17(19)18-7-3-5-9-20(18)21/h2,4-6,8-12,21,26-27H,3,7,13-15H2,1H3,(H,25,28). The third-order valence-electron chi connectivity index (χ3n) is 5.46. The van der Waals surface area contributed by atoms with Crippen molar-refractivity contribution < 1.29 is 24.3 Å². The molecule has 7 heteroatoms. The Kier molecular flexibility index (Phi) is 6.79. The summed E-state index contributed by atoms with van der Waals surface area (Å²) in [6.45, 7) is 0.497. The summed E-state index contributed by atoms with van der Waals surface area (Å²) in [6, 6.07) is 13.3. The smallest absolute Gasteiger partial charge is 0.252 e. The molecule has 31 heavy (non-hydrogen) atoms.